The van der Waals surface area contributed by atoms with Gasteiger partial charge in [-0.1, -0.05) is 44.6 Å². The Morgan fingerprint density at radius 2 is 1.85 bits per heavy atom. The third-order valence-corrected chi connectivity index (χ3v) is 4.18. The summed E-state index contributed by atoms with van der Waals surface area (Å²) >= 11 is 0. The third kappa shape index (κ3) is 4.38. The number of nitrogens with two attached hydrogens (primary N) is 1. The van der Waals surface area contributed by atoms with Gasteiger partial charge in [-0.25, -0.2) is 0 Å². The van der Waals surface area contributed by atoms with E-state index in [4.69, 9.17) is 5.73 Å². The SMILES string of the molecule is CC(C)(C)C1=CCN(CCCc2ccc(N)cc2)CC1. The molecular weight excluding hydrogens is 244 g/mol. The van der Waals surface area contributed by atoms with Crippen molar-refractivity contribution in [1.82, 2.24) is 4.90 Å². The molecule has 110 valence electrons. The van der Waals surface area contributed by atoms with Crippen molar-refractivity contribution in [1.29, 1.82) is 0 Å². The fourth-order valence-corrected chi connectivity index (χ4v) is 2.79. The van der Waals surface area contributed by atoms with Gasteiger partial charge in [0.1, 0.15) is 0 Å². The molecule has 0 radical (unpaired) electrons. The molecule has 2 rings (SSSR count). The molecule has 1 aromatic rings. The van der Waals surface area contributed by atoms with Crippen LogP contribution in [-0.2, 0) is 6.42 Å². The number of anilines is 1. The summed E-state index contributed by atoms with van der Waals surface area (Å²) in [4.78, 5) is 2.56. The fourth-order valence-electron chi connectivity index (χ4n) is 2.79. The van der Waals surface area contributed by atoms with Crippen molar-refractivity contribution in [3.8, 4) is 0 Å². The highest BCUT2D eigenvalue weighted by Gasteiger charge is 2.20. The minimum absolute atomic E-state index is 0.343. The molecule has 0 atom stereocenters. The Balaban J connectivity index is 1.74. The Kier molecular flexibility index (Phi) is 4.87. The van der Waals surface area contributed by atoms with Gasteiger partial charge >= 0.3 is 0 Å². The maximum absolute atomic E-state index is 5.71. The topological polar surface area (TPSA) is 29.3 Å². The van der Waals surface area contributed by atoms with E-state index in [2.05, 4.69) is 43.9 Å². The minimum atomic E-state index is 0.343. The first kappa shape index (κ1) is 15.1. The van der Waals surface area contributed by atoms with Crippen LogP contribution < -0.4 is 5.73 Å². The molecule has 2 heteroatoms. The van der Waals surface area contributed by atoms with E-state index in [9.17, 15) is 0 Å². The molecular formula is C18H28N2. The summed E-state index contributed by atoms with van der Waals surface area (Å²) in [6.07, 6.45) is 6.04. The summed E-state index contributed by atoms with van der Waals surface area (Å²) < 4.78 is 0. The summed E-state index contributed by atoms with van der Waals surface area (Å²) in [6, 6.07) is 8.27. The average molecular weight is 272 g/mol. The van der Waals surface area contributed by atoms with Gasteiger partial charge in [0.05, 0.1) is 0 Å². The Bertz CT molecular complexity index is 451. The number of nitrogens with zero attached hydrogens (tertiary/aromatic N) is 1. The molecule has 0 amide bonds. The Morgan fingerprint density at radius 1 is 1.15 bits per heavy atom. The maximum Gasteiger partial charge on any atom is 0.0314 e. The van der Waals surface area contributed by atoms with Gasteiger partial charge in [0.2, 0.25) is 0 Å². The van der Waals surface area contributed by atoms with Gasteiger partial charge in [-0.15, -0.1) is 0 Å². The molecule has 0 saturated heterocycles. The van der Waals surface area contributed by atoms with Gasteiger partial charge in [0, 0.05) is 18.8 Å². The van der Waals surface area contributed by atoms with Crippen LogP contribution in [0.1, 0.15) is 39.2 Å². The van der Waals surface area contributed by atoms with E-state index >= 15 is 0 Å². The van der Waals surface area contributed by atoms with Gasteiger partial charge in [-0.3, -0.25) is 4.90 Å². The van der Waals surface area contributed by atoms with Crippen molar-refractivity contribution in [2.75, 3.05) is 25.4 Å². The van der Waals surface area contributed by atoms with Crippen LogP contribution in [0.4, 0.5) is 5.69 Å². The first-order valence-electron chi connectivity index (χ1n) is 7.71. The molecule has 0 bridgehead atoms. The average Bonchev–Trinajstić information content (AvgIpc) is 2.41. The first-order valence-corrected chi connectivity index (χ1v) is 7.71. The second kappa shape index (κ2) is 6.45. The molecule has 0 fully saturated rings. The number of nitrogen functional groups attached to an aromatic ring is 1. The molecule has 0 saturated carbocycles. The van der Waals surface area contributed by atoms with Crippen LogP contribution in [0.25, 0.3) is 0 Å². The van der Waals surface area contributed by atoms with E-state index in [1.807, 2.05) is 12.1 Å². The van der Waals surface area contributed by atoms with Crippen LogP contribution in [-0.4, -0.2) is 24.5 Å². The Hall–Kier alpha value is -1.28. The number of hydrogen-bond acceptors (Lipinski definition) is 2. The van der Waals surface area contributed by atoms with Crippen LogP contribution in [0.2, 0.25) is 0 Å². The highest BCUT2D eigenvalue weighted by Crippen LogP contribution is 2.30. The summed E-state index contributed by atoms with van der Waals surface area (Å²) in [5, 5.41) is 0. The zero-order chi connectivity index (χ0) is 14.6. The molecule has 2 nitrogen and oxygen atoms in total. The van der Waals surface area contributed by atoms with Crippen molar-refractivity contribution in [3.05, 3.63) is 41.5 Å². The van der Waals surface area contributed by atoms with E-state index < -0.39 is 0 Å². The van der Waals surface area contributed by atoms with E-state index in [-0.39, 0.29) is 0 Å². The molecule has 1 aromatic carbocycles. The Morgan fingerprint density at radius 3 is 2.40 bits per heavy atom. The monoisotopic (exact) mass is 272 g/mol. The van der Waals surface area contributed by atoms with Crippen LogP contribution in [0.5, 0.6) is 0 Å². The van der Waals surface area contributed by atoms with Gasteiger partial charge < -0.3 is 5.73 Å². The Labute approximate surface area is 123 Å². The third-order valence-electron chi connectivity index (χ3n) is 4.18. The van der Waals surface area contributed by atoms with Gasteiger partial charge in [-0.05, 0) is 48.9 Å². The number of rotatable bonds is 4. The van der Waals surface area contributed by atoms with E-state index in [0.29, 0.717) is 5.41 Å². The van der Waals surface area contributed by atoms with Crippen molar-refractivity contribution in [3.63, 3.8) is 0 Å². The fraction of sp³-hybridized carbons (Fsp3) is 0.556. The van der Waals surface area contributed by atoms with Crippen molar-refractivity contribution in [2.45, 2.75) is 40.0 Å². The lowest BCUT2D eigenvalue weighted by atomic mass is 9.83. The van der Waals surface area contributed by atoms with E-state index in [0.717, 1.165) is 18.7 Å². The molecule has 1 aliphatic rings. The van der Waals surface area contributed by atoms with E-state index in [1.54, 1.807) is 5.57 Å². The van der Waals surface area contributed by atoms with Crippen LogP contribution in [0.3, 0.4) is 0 Å². The van der Waals surface area contributed by atoms with Gasteiger partial charge in [0.15, 0.2) is 0 Å². The molecule has 1 aliphatic heterocycles. The molecule has 0 spiro atoms. The number of hydrogen-bond donors (Lipinski definition) is 1. The molecule has 0 aromatic heterocycles. The van der Waals surface area contributed by atoms with Crippen molar-refractivity contribution < 1.29 is 0 Å². The van der Waals surface area contributed by atoms with Gasteiger partial charge in [-0.2, -0.15) is 0 Å². The lowest BCUT2D eigenvalue weighted by molar-refractivity contribution is 0.276. The van der Waals surface area contributed by atoms with Crippen molar-refractivity contribution in [2.24, 2.45) is 5.41 Å². The first-order chi connectivity index (χ1) is 9.45. The highest BCUT2D eigenvalue weighted by molar-refractivity contribution is 5.39. The van der Waals surface area contributed by atoms with Gasteiger partial charge in [0.25, 0.3) is 0 Å². The van der Waals surface area contributed by atoms with Crippen LogP contribution in [0, 0.1) is 5.41 Å². The zero-order valence-corrected chi connectivity index (χ0v) is 13.2. The summed E-state index contributed by atoms with van der Waals surface area (Å²) in [7, 11) is 0. The minimum Gasteiger partial charge on any atom is -0.399 e. The summed E-state index contributed by atoms with van der Waals surface area (Å²) in [5.74, 6) is 0. The standard InChI is InChI=1S/C18H28N2/c1-18(2,3)16-10-13-20(14-11-16)12-4-5-15-6-8-17(19)9-7-15/h6-10H,4-5,11-14,19H2,1-3H3. The molecule has 2 N–H and O–H groups in total. The lowest BCUT2D eigenvalue weighted by Gasteiger charge is -2.32. The maximum atomic E-state index is 5.71. The zero-order valence-electron chi connectivity index (χ0n) is 13.2. The quantitative estimate of drug-likeness (QED) is 0.666. The molecule has 1 heterocycles. The smallest absolute Gasteiger partial charge is 0.0314 e. The largest absolute Gasteiger partial charge is 0.399 e. The summed E-state index contributed by atoms with van der Waals surface area (Å²) in [5.41, 5.74) is 9.91. The molecule has 0 aliphatic carbocycles. The second-order valence-electron chi connectivity index (χ2n) is 6.88. The van der Waals surface area contributed by atoms with Crippen LogP contribution >= 0.6 is 0 Å². The van der Waals surface area contributed by atoms with Crippen LogP contribution in [0.15, 0.2) is 35.9 Å². The molecule has 20 heavy (non-hydrogen) atoms. The molecule has 0 unspecified atom stereocenters. The number of aryl methyl sites for hydroxylation is 1. The normalized spacial score (nSPS) is 17.1. The summed E-state index contributed by atoms with van der Waals surface area (Å²) in [6.45, 7) is 10.5. The second-order valence-corrected chi connectivity index (χ2v) is 6.88. The predicted molar refractivity (Wildman–Crippen MR) is 87.8 cm³/mol. The van der Waals surface area contributed by atoms with Crippen molar-refractivity contribution >= 4 is 5.69 Å². The van der Waals surface area contributed by atoms with E-state index in [1.165, 1.54) is 31.5 Å². The highest BCUT2D eigenvalue weighted by atomic mass is 15.1. The predicted octanol–water partition coefficient (Wildman–Crippen LogP) is 3.88. The lowest BCUT2D eigenvalue weighted by Crippen LogP contribution is -2.32. The number of benzene rings is 1.